The Kier molecular flexibility index (Phi) is 5.16. The van der Waals surface area contributed by atoms with Crippen molar-refractivity contribution >= 4 is 17.7 Å². The molecule has 0 radical (unpaired) electrons. The van der Waals surface area contributed by atoms with Crippen LogP contribution in [0.3, 0.4) is 0 Å². The quantitative estimate of drug-likeness (QED) is 0.844. The zero-order valence-corrected chi connectivity index (χ0v) is 12.3. The van der Waals surface area contributed by atoms with E-state index in [0.717, 1.165) is 29.0 Å². The molecule has 0 unspecified atom stereocenters. The summed E-state index contributed by atoms with van der Waals surface area (Å²) in [4.78, 5) is 12.0. The number of hydrogen-bond donors (Lipinski definition) is 1. The smallest absolute Gasteiger partial charge is 0.248 e. The molecule has 2 aromatic carbocycles. The van der Waals surface area contributed by atoms with Crippen LogP contribution in [0.1, 0.15) is 18.1 Å². The number of anilines is 1. The molecule has 0 aliphatic rings. The van der Waals surface area contributed by atoms with Crippen molar-refractivity contribution in [2.24, 2.45) is 0 Å². The Morgan fingerprint density at radius 2 is 1.86 bits per heavy atom. The Hall–Kier alpha value is -2.55. The van der Waals surface area contributed by atoms with Gasteiger partial charge >= 0.3 is 0 Å². The standard InChI is InChI=1S/C18H19NO2/c1-3-15-6-4-5-7-17(15)19-18(20)13-10-14-8-11-16(21-2)12-9-14/h4-13H,3H2,1-2H3,(H,19,20)/b13-10+. The van der Waals surface area contributed by atoms with E-state index >= 15 is 0 Å². The highest BCUT2D eigenvalue weighted by atomic mass is 16.5. The van der Waals surface area contributed by atoms with Gasteiger partial charge < -0.3 is 10.1 Å². The van der Waals surface area contributed by atoms with Gasteiger partial charge in [-0.15, -0.1) is 0 Å². The maximum atomic E-state index is 12.0. The number of methoxy groups -OCH3 is 1. The third-order valence-corrected chi connectivity index (χ3v) is 3.20. The fourth-order valence-electron chi connectivity index (χ4n) is 2.01. The maximum Gasteiger partial charge on any atom is 0.248 e. The summed E-state index contributed by atoms with van der Waals surface area (Å²) in [7, 11) is 1.63. The normalized spacial score (nSPS) is 10.6. The molecule has 0 saturated carbocycles. The molecule has 2 aromatic rings. The summed E-state index contributed by atoms with van der Waals surface area (Å²) < 4.78 is 5.10. The lowest BCUT2D eigenvalue weighted by atomic mass is 10.1. The van der Waals surface area contributed by atoms with E-state index in [1.165, 1.54) is 6.08 Å². The lowest BCUT2D eigenvalue weighted by Gasteiger charge is -2.07. The molecule has 1 amide bonds. The molecular weight excluding hydrogens is 262 g/mol. The number of benzene rings is 2. The highest BCUT2D eigenvalue weighted by molar-refractivity contribution is 6.02. The molecule has 0 heterocycles. The summed E-state index contributed by atoms with van der Waals surface area (Å²) in [5, 5.41) is 2.90. The number of carbonyl (C=O) groups is 1. The third-order valence-electron chi connectivity index (χ3n) is 3.20. The van der Waals surface area contributed by atoms with Crippen LogP contribution in [0.4, 0.5) is 5.69 Å². The van der Waals surface area contributed by atoms with Crippen molar-refractivity contribution in [2.75, 3.05) is 12.4 Å². The fourth-order valence-corrected chi connectivity index (χ4v) is 2.01. The SMILES string of the molecule is CCc1ccccc1NC(=O)/C=C/c1ccc(OC)cc1. The van der Waals surface area contributed by atoms with E-state index in [2.05, 4.69) is 12.2 Å². The van der Waals surface area contributed by atoms with E-state index in [9.17, 15) is 4.79 Å². The van der Waals surface area contributed by atoms with Gasteiger partial charge in [-0.25, -0.2) is 0 Å². The van der Waals surface area contributed by atoms with Crippen molar-refractivity contribution in [3.05, 3.63) is 65.7 Å². The molecule has 0 aromatic heterocycles. The van der Waals surface area contributed by atoms with Gasteiger partial charge in [0.2, 0.25) is 5.91 Å². The summed E-state index contributed by atoms with van der Waals surface area (Å²) >= 11 is 0. The zero-order valence-electron chi connectivity index (χ0n) is 12.3. The van der Waals surface area contributed by atoms with Gasteiger partial charge in [-0.3, -0.25) is 4.79 Å². The van der Waals surface area contributed by atoms with Crippen LogP contribution >= 0.6 is 0 Å². The molecule has 3 nitrogen and oxygen atoms in total. The topological polar surface area (TPSA) is 38.3 Å². The van der Waals surface area contributed by atoms with Crippen LogP contribution in [-0.4, -0.2) is 13.0 Å². The average molecular weight is 281 g/mol. The van der Waals surface area contributed by atoms with Crippen molar-refractivity contribution in [3.8, 4) is 5.75 Å². The molecule has 0 saturated heterocycles. The third kappa shape index (κ3) is 4.21. The summed E-state index contributed by atoms with van der Waals surface area (Å²) in [5.41, 5.74) is 2.95. The summed E-state index contributed by atoms with van der Waals surface area (Å²) in [6.07, 6.45) is 4.20. The number of amides is 1. The molecule has 1 N–H and O–H groups in total. The first-order chi connectivity index (χ1) is 10.2. The molecule has 3 heteroatoms. The number of para-hydroxylation sites is 1. The van der Waals surface area contributed by atoms with E-state index in [4.69, 9.17) is 4.74 Å². The molecule has 0 aliphatic carbocycles. The fraction of sp³-hybridized carbons (Fsp3) is 0.167. The minimum atomic E-state index is -0.133. The van der Waals surface area contributed by atoms with Crippen LogP contribution in [0, 0.1) is 0 Å². The zero-order chi connectivity index (χ0) is 15.1. The van der Waals surface area contributed by atoms with Gasteiger partial charge in [0.15, 0.2) is 0 Å². The van der Waals surface area contributed by atoms with E-state index in [0.29, 0.717) is 0 Å². The second-order valence-electron chi connectivity index (χ2n) is 4.61. The largest absolute Gasteiger partial charge is 0.497 e. The number of ether oxygens (including phenoxy) is 1. The van der Waals surface area contributed by atoms with E-state index in [-0.39, 0.29) is 5.91 Å². The molecule has 0 fully saturated rings. The van der Waals surface area contributed by atoms with Gasteiger partial charge in [-0.2, -0.15) is 0 Å². The van der Waals surface area contributed by atoms with Crippen molar-refractivity contribution in [3.63, 3.8) is 0 Å². The molecule has 0 aliphatic heterocycles. The number of hydrogen-bond acceptors (Lipinski definition) is 2. The summed E-state index contributed by atoms with van der Waals surface area (Å²) in [6, 6.07) is 15.4. The van der Waals surface area contributed by atoms with Crippen LogP contribution in [0.5, 0.6) is 5.75 Å². The number of aryl methyl sites for hydroxylation is 1. The first kappa shape index (κ1) is 14.9. The van der Waals surface area contributed by atoms with Crippen LogP contribution in [0.2, 0.25) is 0 Å². The van der Waals surface area contributed by atoms with Crippen LogP contribution in [0.15, 0.2) is 54.6 Å². The van der Waals surface area contributed by atoms with Gasteiger partial charge in [0.25, 0.3) is 0 Å². The molecule has 2 rings (SSSR count). The van der Waals surface area contributed by atoms with E-state index in [1.54, 1.807) is 13.2 Å². The van der Waals surface area contributed by atoms with Gasteiger partial charge in [0.05, 0.1) is 7.11 Å². The van der Waals surface area contributed by atoms with Crippen LogP contribution in [0.25, 0.3) is 6.08 Å². The van der Waals surface area contributed by atoms with Gasteiger partial charge in [0, 0.05) is 11.8 Å². The van der Waals surface area contributed by atoms with Gasteiger partial charge in [-0.05, 0) is 41.8 Å². The molecule has 108 valence electrons. The number of rotatable bonds is 5. The van der Waals surface area contributed by atoms with Crippen molar-refractivity contribution in [1.82, 2.24) is 0 Å². The average Bonchev–Trinajstić information content (AvgIpc) is 2.54. The first-order valence-corrected chi connectivity index (χ1v) is 6.94. The van der Waals surface area contributed by atoms with Crippen molar-refractivity contribution in [1.29, 1.82) is 0 Å². The van der Waals surface area contributed by atoms with E-state index < -0.39 is 0 Å². The molecule has 21 heavy (non-hydrogen) atoms. The lowest BCUT2D eigenvalue weighted by molar-refractivity contribution is -0.111. The van der Waals surface area contributed by atoms with Gasteiger partial charge in [0.1, 0.15) is 5.75 Å². The van der Waals surface area contributed by atoms with Gasteiger partial charge in [-0.1, -0.05) is 37.3 Å². The second kappa shape index (κ2) is 7.29. The minimum absolute atomic E-state index is 0.133. The predicted molar refractivity (Wildman–Crippen MR) is 86.5 cm³/mol. The number of carbonyl (C=O) groups excluding carboxylic acids is 1. The molecule has 0 atom stereocenters. The van der Waals surface area contributed by atoms with E-state index in [1.807, 2.05) is 48.5 Å². The Balaban J connectivity index is 2.02. The number of nitrogens with one attached hydrogen (secondary N) is 1. The molecular formula is C18H19NO2. The molecule has 0 spiro atoms. The molecule has 0 bridgehead atoms. The Labute approximate surface area is 125 Å². The first-order valence-electron chi connectivity index (χ1n) is 6.94. The predicted octanol–water partition coefficient (Wildman–Crippen LogP) is 3.91. The Morgan fingerprint density at radius 3 is 2.52 bits per heavy atom. The van der Waals surface area contributed by atoms with Crippen LogP contribution in [-0.2, 0) is 11.2 Å². The summed E-state index contributed by atoms with van der Waals surface area (Å²) in [6.45, 7) is 2.07. The Bertz CT molecular complexity index is 630. The monoisotopic (exact) mass is 281 g/mol. The van der Waals surface area contributed by atoms with Crippen LogP contribution < -0.4 is 10.1 Å². The highest BCUT2D eigenvalue weighted by Gasteiger charge is 2.02. The maximum absolute atomic E-state index is 12.0. The van der Waals surface area contributed by atoms with Crippen molar-refractivity contribution < 1.29 is 9.53 Å². The lowest BCUT2D eigenvalue weighted by Crippen LogP contribution is -2.09. The van der Waals surface area contributed by atoms with Crippen molar-refractivity contribution in [2.45, 2.75) is 13.3 Å². The second-order valence-corrected chi connectivity index (χ2v) is 4.61. The Morgan fingerprint density at radius 1 is 1.14 bits per heavy atom. The summed E-state index contributed by atoms with van der Waals surface area (Å²) in [5.74, 6) is 0.667. The minimum Gasteiger partial charge on any atom is -0.497 e. The highest BCUT2D eigenvalue weighted by Crippen LogP contribution is 2.16.